The minimum absolute atomic E-state index is 0.230. The first-order valence-corrected chi connectivity index (χ1v) is 7.92. The van der Waals surface area contributed by atoms with Gasteiger partial charge in [-0.15, -0.1) is 6.58 Å². The van der Waals surface area contributed by atoms with Gasteiger partial charge >= 0.3 is 11.8 Å². The van der Waals surface area contributed by atoms with Gasteiger partial charge in [-0.3, -0.25) is 9.59 Å². The van der Waals surface area contributed by atoms with Crippen molar-refractivity contribution < 1.29 is 9.59 Å². The first kappa shape index (κ1) is 18.2. The van der Waals surface area contributed by atoms with Gasteiger partial charge in [0.15, 0.2) is 0 Å². The molecule has 0 radical (unpaired) electrons. The molecular weight excluding hydrogens is 316 g/mol. The van der Waals surface area contributed by atoms with Crippen LogP contribution >= 0.6 is 0 Å². The molecule has 2 N–H and O–H groups in total. The number of benzene rings is 1. The largest absolute Gasteiger partial charge is 0.344 e. The van der Waals surface area contributed by atoms with Crippen molar-refractivity contribution >= 4 is 18.0 Å². The molecule has 0 unspecified atom stereocenters. The lowest BCUT2D eigenvalue weighted by molar-refractivity contribution is -0.139. The number of nitrogens with zero attached hydrogens (tertiary/aromatic N) is 2. The molecule has 0 aliphatic heterocycles. The molecule has 0 atom stereocenters. The summed E-state index contributed by atoms with van der Waals surface area (Å²) < 4.78 is 2.11. The van der Waals surface area contributed by atoms with Crippen molar-refractivity contribution in [3.05, 3.63) is 65.5 Å². The van der Waals surface area contributed by atoms with Crippen molar-refractivity contribution in [3.63, 3.8) is 0 Å². The Balaban J connectivity index is 2.12. The first-order valence-electron chi connectivity index (χ1n) is 7.92. The Hall–Kier alpha value is -3.15. The van der Waals surface area contributed by atoms with Crippen LogP contribution in [0.5, 0.6) is 0 Å². The molecular formula is C19H22N4O2. The normalized spacial score (nSPS) is 10.7. The van der Waals surface area contributed by atoms with E-state index >= 15 is 0 Å². The Kier molecular flexibility index (Phi) is 5.89. The lowest BCUT2D eigenvalue weighted by atomic mass is 10.2. The van der Waals surface area contributed by atoms with E-state index in [1.165, 1.54) is 17.9 Å². The van der Waals surface area contributed by atoms with Gasteiger partial charge in [0.1, 0.15) is 0 Å². The number of hydrazone groups is 1. The highest BCUT2D eigenvalue weighted by Gasteiger charge is 2.12. The second-order valence-corrected chi connectivity index (χ2v) is 5.70. The van der Waals surface area contributed by atoms with E-state index in [0.717, 1.165) is 22.6 Å². The zero-order valence-corrected chi connectivity index (χ0v) is 14.7. The minimum atomic E-state index is -0.814. The summed E-state index contributed by atoms with van der Waals surface area (Å²) in [5.41, 5.74) is 7.40. The van der Waals surface area contributed by atoms with Crippen LogP contribution in [0, 0.1) is 20.8 Å². The topological polar surface area (TPSA) is 75.5 Å². The van der Waals surface area contributed by atoms with Crippen LogP contribution in [0.3, 0.4) is 0 Å². The molecule has 0 saturated heterocycles. The average molecular weight is 338 g/mol. The standard InChI is InChI=1S/C19H22N4O2/c1-5-10-20-18(24)19(25)22-21-12-16-11-14(3)23(15(16)4)17-8-6-13(2)7-9-17/h5-9,11-12H,1,10H2,2-4H3,(H,20,24)(H,22,25)/b21-12-. The van der Waals surface area contributed by atoms with Crippen LogP contribution < -0.4 is 10.7 Å². The number of rotatable bonds is 5. The minimum Gasteiger partial charge on any atom is -0.344 e. The Bertz CT molecular complexity index is 817. The molecule has 2 aromatic rings. The van der Waals surface area contributed by atoms with Crippen LogP contribution in [0.25, 0.3) is 5.69 Å². The Morgan fingerprint density at radius 3 is 2.48 bits per heavy atom. The van der Waals surface area contributed by atoms with E-state index in [0.29, 0.717) is 0 Å². The number of carbonyl (C=O) groups excluding carboxylic acids is 2. The van der Waals surface area contributed by atoms with Gasteiger partial charge in [0.05, 0.1) is 6.21 Å². The molecule has 0 bridgehead atoms. The van der Waals surface area contributed by atoms with Crippen molar-refractivity contribution in [3.8, 4) is 5.69 Å². The predicted octanol–water partition coefficient (Wildman–Crippen LogP) is 2.15. The maximum Gasteiger partial charge on any atom is 0.329 e. The Morgan fingerprint density at radius 1 is 1.16 bits per heavy atom. The summed E-state index contributed by atoms with van der Waals surface area (Å²) in [5.74, 6) is -1.56. The zero-order valence-electron chi connectivity index (χ0n) is 14.7. The number of carbonyl (C=O) groups is 2. The fourth-order valence-corrected chi connectivity index (χ4v) is 2.47. The highest BCUT2D eigenvalue weighted by Crippen LogP contribution is 2.20. The summed E-state index contributed by atoms with van der Waals surface area (Å²) in [6.07, 6.45) is 3.03. The number of hydrogen-bond acceptors (Lipinski definition) is 3. The molecule has 25 heavy (non-hydrogen) atoms. The molecule has 6 heteroatoms. The second-order valence-electron chi connectivity index (χ2n) is 5.70. The van der Waals surface area contributed by atoms with Crippen LogP contribution in [0.2, 0.25) is 0 Å². The van der Waals surface area contributed by atoms with Gasteiger partial charge in [-0.05, 0) is 39.0 Å². The molecule has 130 valence electrons. The van der Waals surface area contributed by atoms with Gasteiger partial charge in [-0.2, -0.15) is 5.10 Å². The van der Waals surface area contributed by atoms with E-state index in [2.05, 4.69) is 51.3 Å². The van der Waals surface area contributed by atoms with Gasteiger partial charge in [-0.1, -0.05) is 23.8 Å². The third kappa shape index (κ3) is 4.44. The number of hydrogen-bond donors (Lipinski definition) is 2. The summed E-state index contributed by atoms with van der Waals surface area (Å²) in [5, 5.41) is 6.25. The SMILES string of the molecule is C=CCNC(=O)C(=O)N/N=C\c1cc(C)n(-c2ccc(C)cc2)c1C. The Morgan fingerprint density at radius 2 is 1.84 bits per heavy atom. The molecule has 0 saturated carbocycles. The van der Waals surface area contributed by atoms with Gasteiger partial charge < -0.3 is 9.88 Å². The molecule has 0 spiro atoms. The quantitative estimate of drug-likeness (QED) is 0.379. The molecule has 1 heterocycles. The molecule has 2 amide bonds. The lowest BCUT2D eigenvalue weighted by Crippen LogP contribution is -2.37. The van der Waals surface area contributed by atoms with Crippen molar-refractivity contribution in [2.45, 2.75) is 20.8 Å². The van der Waals surface area contributed by atoms with E-state index in [4.69, 9.17) is 0 Å². The smallest absolute Gasteiger partial charge is 0.329 e. The van der Waals surface area contributed by atoms with E-state index in [-0.39, 0.29) is 6.54 Å². The van der Waals surface area contributed by atoms with Crippen molar-refractivity contribution in [1.29, 1.82) is 0 Å². The third-order valence-corrected chi connectivity index (χ3v) is 3.75. The number of nitrogens with one attached hydrogen (secondary N) is 2. The van der Waals surface area contributed by atoms with E-state index in [1.54, 1.807) is 0 Å². The van der Waals surface area contributed by atoms with Crippen LogP contribution in [-0.2, 0) is 9.59 Å². The highest BCUT2D eigenvalue weighted by atomic mass is 16.2. The van der Waals surface area contributed by atoms with Gasteiger partial charge in [-0.25, -0.2) is 5.43 Å². The fourth-order valence-electron chi connectivity index (χ4n) is 2.47. The summed E-state index contributed by atoms with van der Waals surface area (Å²) in [6, 6.07) is 10.2. The van der Waals surface area contributed by atoms with Crippen molar-refractivity contribution in [2.75, 3.05) is 6.54 Å². The van der Waals surface area contributed by atoms with Crippen LogP contribution in [-0.4, -0.2) is 29.1 Å². The van der Waals surface area contributed by atoms with E-state index < -0.39 is 11.8 Å². The van der Waals surface area contributed by atoms with Crippen molar-refractivity contribution in [1.82, 2.24) is 15.3 Å². The molecule has 0 aliphatic carbocycles. The summed E-state index contributed by atoms with van der Waals surface area (Å²) in [4.78, 5) is 23.0. The molecule has 0 fully saturated rings. The molecule has 1 aromatic carbocycles. The average Bonchev–Trinajstić information content (AvgIpc) is 2.87. The predicted molar refractivity (Wildman–Crippen MR) is 98.9 cm³/mol. The first-order chi connectivity index (χ1) is 11.9. The van der Waals surface area contributed by atoms with Crippen molar-refractivity contribution in [2.24, 2.45) is 5.10 Å². The molecule has 1 aromatic heterocycles. The second kappa shape index (κ2) is 8.10. The van der Waals surface area contributed by atoms with Gasteiger partial charge in [0.2, 0.25) is 0 Å². The van der Waals surface area contributed by atoms with Gasteiger partial charge in [0.25, 0.3) is 0 Å². The third-order valence-electron chi connectivity index (χ3n) is 3.75. The summed E-state index contributed by atoms with van der Waals surface area (Å²) >= 11 is 0. The lowest BCUT2D eigenvalue weighted by Gasteiger charge is -2.09. The van der Waals surface area contributed by atoms with Crippen LogP contribution in [0.1, 0.15) is 22.5 Å². The van der Waals surface area contributed by atoms with Gasteiger partial charge in [0, 0.05) is 29.2 Å². The number of aryl methyl sites for hydroxylation is 2. The zero-order chi connectivity index (χ0) is 18.4. The molecule has 0 aliphatic rings. The molecule has 2 rings (SSSR count). The van der Waals surface area contributed by atoms with E-state index in [1.807, 2.05) is 26.8 Å². The number of amides is 2. The molecule has 6 nitrogen and oxygen atoms in total. The monoisotopic (exact) mass is 338 g/mol. The van der Waals surface area contributed by atoms with Crippen LogP contribution in [0.4, 0.5) is 0 Å². The van der Waals surface area contributed by atoms with Crippen LogP contribution in [0.15, 0.2) is 48.1 Å². The number of aromatic nitrogens is 1. The fraction of sp³-hybridized carbons (Fsp3) is 0.211. The highest BCUT2D eigenvalue weighted by molar-refractivity contribution is 6.35. The van der Waals surface area contributed by atoms with E-state index in [9.17, 15) is 9.59 Å². The maximum atomic E-state index is 11.6. The summed E-state index contributed by atoms with van der Waals surface area (Å²) in [6.45, 7) is 9.73. The maximum absolute atomic E-state index is 11.6. The Labute approximate surface area is 147 Å². The summed E-state index contributed by atoms with van der Waals surface area (Å²) in [7, 11) is 0.